The Morgan fingerprint density at radius 2 is 1.68 bits per heavy atom. The van der Waals surface area contributed by atoms with E-state index in [1.54, 1.807) is 6.92 Å². The largest absolute Gasteiger partial charge is 0.478 e. The zero-order chi connectivity index (χ0) is 22.9. The molecule has 0 aliphatic rings. The van der Waals surface area contributed by atoms with E-state index in [0.717, 1.165) is 4.57 Å². The zero-order valence-electron chi connectivity index (χ0n) is 16.4. The number of carbonyl (C=O) groups excluding carboxylic acids is 1. The van der Waals surface area contributed by atoms with Crippen molar-refractivity contribution in [3.8, 4) is 5.69 Å². The fraction of sp³-hybridized carbons (Fsp3) is 0.190. The van der Waals surface area contributed by atoms with Gasteiger partial charge in [0.1, 0.15) is 11.5 Å². The lowest BCUT2D eigenvalue weighted by atomic mass is 10.1. The van der Waals surface area contributed by atoms with Crippen LogP contribution in [-0.2, 0) is 6.18 Å². The van der Waals surface area contributed by atoms with Gasteiger partial charge in [-0.1, -0.05) is 23.7 Å². The Bertz CT molecular complexity index is 1120. The van der Waals surface area contributed by atoms with E-state index in [2.05, 4.69) is 10.3 Å². The smallest absolute Gasteiger partial charge is 0.435 e. The molecule has 10 heteroatoms. The van der Waals surface area contributed by atoms with E-state index >= 15 is 0 Å². The Balaban J connectivity index is 2.00. The van der Waals surface area contributed by atoms with Crippen molar-refractivity contribution >= 4 is 23.5 Å². The highest BCUT2D eigenvalue weighted by Gasteiger charge is 2.41. The number of alkyl halides is 3. The lowest BCUT2D eigenvalue weighted by Gasteiger charge is -2.17. The molecular formula is C21H17ClF3N3O3. The Labute approximate surface area is 180 Å². The number of carboxylic acids is 1. The number of benzene rings is 2. The van der Waals surface area contributed by atoms with Crippen molar-refractivity contribution < 1.29 is 27.9 Å². The fourth-order valence-corrected chi connectivity index (χ4v) is 3.23. The van der Waals surface area contributed by atoms with Gasteiger partial charge in [0, 0.05) is 10.7 Å². The van der Waals surface area contributed by atoms with Crippen molar-refractivity contribution in [3.63, 3.8) is 0 Å². The minimum Gasteiger partial charge on any atom is -0.478 e. The molecule has 3 rings (SSSR count). The Morgan fingerprint density at radius 1 is 1.10 bits per heavy atom. The highest BCUT2D eigenvalue weighted by Crippen LogP contribution is 2.33. The Hall–Kier alpha value is -3.33. The summed E-state index contributed by atoms with van der Waals surface area (Å²) in [5.74, 6) is -2.10. The first-order chi connectivity index (χ1) is 14.5. The van der Waals surface area contributed by atoms with Gasteiger partial charge in [0.05, 0.1) is 11.6 Å². The van der Waals surface area contributed by atoms with Crippen LogP contribution in [0.1, 0.15) is 50.9 Å². The van der Waals surface area contributed by atoms with Gasteiger partial charge in [0.2, 0.25) is 0 Å². The number of halogens is 4. The number of aromatic nitrogens is 2. The molecule has 0 aliphatic heterocycles. The maximum Gasteiger partial charge on any atom is 0.435 e. The summed E-state index contributed by atoms with van der Waals surface area (Å²) in [6.07, 6.45) is -4.85. The fourth-order valence-electron chi connectivity index (χ4n) is 3.11. The lowest BCUT2D eigenvalue weighted by molar-refractivity contribution is -0.141. The average molecular weight is 452 g/mol. The minimum absolute atomic E-state index is 0.0155. The maximum absolute atomic E-state index is 13.6. The molecule has 0 aliphatic carbocycles. The summed E-state index contributed by atoms with van der Waals surface area (Å²) in [7, 11) is 0. The summed E-state index contributed by atoms with van der Waals surface area (Å²) in [4.78, 5) is 27.5. The minimum atomic E-state index is -4.85. The number of hydrogen-bond donors (Lipinski definition) is 2. The Kier molecular flexibility index (Phi) is 6.08. The SMILES string of the molecule is Cc1nc(C(F)(F)F)c(C(=O)NC(C)c2ccc(C(=O)O)cc2)n1-c1ccc(Cl)cc1. The molecule has 0 fully saturated rings. The molecule has 0 radical (unpaired) electrons. The summed E-state index contributed by atoms with van der Waals surface area (Å²) < 4.78 is 42.0. The van der Waals surface area contributed by atoms with Crippen molar-refractivity contribution in [1.29, 1.82) is 0 Å². The third-order valence-corrected chi connectivity index (χ3v) is 4.87. The van der Waals surface area contributed by atoms with Gasteiger partial charge in [-0.15, -0.1) is 0 Å². The van der Waals surface area contributed by atoms with Gasteiger partial charge in [-0.2, -0.15) is 13.2 Å². The topological polar surface area (TPSA) is 84.2 Å². The van der Waals surface area contributed by atoms with Crippen molar-refractivity contribution in [2.75, 3.05) is 0 Å². The van der Waals surface area contributed by atoms with E-state index in [-0.39, 0.29) is 11.4 Å². The van der Waals surface area contributed by atoms with Crippen molar-refractivity contribution in [3.05, 3.63) is 81.9 Å². The first-order valence-corrected chi connectivity index (χ1v) is 9.43. The van der Waals surface area contributed by atoms with Crippen LogP contribution in [0.2, 0.25) is 5.02 Å². The molecule has 6 nitrogen and oxygen atoms in total. The van der Waals surface area contributed by atoms with Crippen molar-refractivity contribution in [2.24, 2.45) is 0 Å². The second kappa shape index (κ2) is 8.43. The van der Waals surface area contributed by atoms with Gasteiger partial charge in [-0.05, 0) is 55.8 Å². The van der Waals surface area contributed by atoms with Crippen LogP contribution in [-0.4, -0.2) is 26.5 Å². The highest BCUT2D eigenvalue weighted by atomic mass is 35.5. The quantitative estimate of drug-likeness (QED) is 0.569. The van der Waals surface area contributed by atoms with Crippen LogP contribution in [0.15, 0.2) is 48.5 Å². The molecule has 162 valence electrons. The van der Waals surface area contributed by atoms with Crippen LogP contribution in [0.3, 0.4) is 0 Å². The molecule has 3 aromatic rings. The summed E-state index contributed by atoms with van der Waals surface area (Å²) in [5.41, 5.74) is -1.07. The van der Waals surface area contributed by atoms with Crippen LogP contribution in [0.5, 0.6) is 0 Å². The number of carboxylic acid groups (broad SMARTS) is 1. The van der Waals surface area contributed by atoms with Gasteiger partial charge in [0.25, 0.3) is 5.91 Å². The van der Waals surface area contributed by atoms with Gasteiger partial charge in [-0.25, -0.2) is 9.78 Å². The lowest BCUT2D eigenvalue weighted by Crippen LogP contribution is -2.30. The van der Waals surface area contributed by atoms with Crippen LogP contribution in [0, 0.1) is 6.92 Å². The standard InChI is InChI=1S/C21H17ClF3N3O3/c1-11(13-3-5-14(6-4-13)20(30)31)26-19(29)17-18(21(23,24)25)27-12(2)28(17)16-9-7-15(22)8-10-16/h3-11H,1-2H3,(H,26,29)(H,30,31). The molecule has 0 saturated heterocycles. The summed E-state index contributed by atoms with van der Waals surface area (Å²) in [6, 6.07) is 11.0. The van der Waals surface area contributed by atoms with E-state index in [4.69, 9.17) is 16.7 Å². The van der Waals surface area contributed by atoms with Crippen molar-refractivity contribution in [2.45, 2.75) is 26.1 Å². The second-order valence-corrected chi connectivity index (χ2v) is 7.22. The number of amides is 1. The number of nitrogens with zero attached hydrogens (tertiary/aromatic N) is 2. The molecule has 0 bridgehead atoms. The number of hydrogen-bond acceptors (Lipinski definition) is 3. The van der Waals surface area contributed by atoms with Gasteiger partial charge < -0.3 is 10.4 Å². The molecule has 2 N–H and O–H groups in total. The molecule has 31 heavy (non-hydrogen) atoms. The van der Waals surface area contributed by atoms with E-state index < -0.39 is 35.5 Å². The highest BCUT2D eigenvalue weighted by molar-refractivity contribution is 6.30. The van der Waals surface area contributed by atoms with E-state index in [1.165, 1.54) is 55.5 Å². The number of nitrogens with one attached hydrogen (secondary N) is 1. The number of aromatic carboxylic acids is 1. The first kappa shape index (κ1) is 22.4. The molecule has 1 aromatic heterocycles. The number of aryl methyl sites for hydroxylation is 1. The number of imidazole rings is 1. The second-order valence-electron chi connectivity index (χ2n) is 6.79. The predicted molar refractivity (Wildman–Crippen MR) is 108 cm³/mol. The summed E-state index contributed by atoms with van der Waals surface area (Å²) in [6.45, 7) is 2.95. The average Bonchev–Trinajstić information content (AvgIpc) is 3.06. The molecule has 0 saturated carbocycles. The molecular weight excluding hydrogens is 435 g/mol. The van der Waals surface area contributed by atoms with Gasteiger partial charge >= 0.3 is 12.1 Å². The van der Waals surface area contributed by atoms with E-state index in [9.17, 15) is 22.8 Å². The number of carbonyl (C=O) groups is 2. The monoisotopic (exact) mass is 451 g/mol. The van der Waals surface area contributed by atoms with Crippen LogP contribution in [0.25, 0.3) is 5.69 Å². The van der Waals surface area contributed by atoms with Crippen LogP contribution in [0.4, 0.5) is 13.2 Å². The summed E-state index contributed by atoms with van der Waals surface area (Å²) in [5, 5.41) is 11.9. The molecule has 1 amide bonds. The zero-order valence-corrected chi connectivity index (χ0v) is 17.1. The third-order valence-electron chi connectivity index (χ3n) is 4.62. The predicted octanol–water partition coefficient (Wildman–Crippen LogP) is 5.04. The molecule has 1 atom stereocenters. The third kappa shape index (κ3) is 4.72. The molecule has 2 aromatic carbocycles. The number of rotatable bonds is 5. The summed E-state index contributed by atoms with van der Waals surface area (Å²) >= 11 is 5.87. The normalized spacial score (nSPS) is 12.5. The molecule has 1 heterocycles. The van der Waals surface area contributed by atoms with Crippen LogP contribution >= 0.6 is 11.6 Å². The first-order valence-electron chi connectivity index (χ1n) is 9.05. The van der Waals surface area contributed by atoms with E-state index in [0.29, 0.717) is 16.3 Å². The van der Waals surface area contributed by atoms with Crippen LogP contribution < -0.4 is 5.32 Å². The van der Waals surface area contributed by atoms with Crippen molar-refractivity contribution in [1.82, 2.24) is 14.9 Å². The maximum atomic E-state index is 13.6. The van der Waals surface area contributed by atoms with Gasteiger partial charge in [0.15, 0.2) is 5.69 Å². The van der Waals surface area contributed by atoms with E-state index in [1.807, 2.05) is 0 Å². The molecule has 1 unspecified atom stereocenters. The Morgan fingerprint density at radius 3 is 2.19 bits per heavy atom. The van der Waals surface area contributed by atoms with Gasteiger partial charge in [-0.3, -0.25) is 9.36 Å². The molecule has 0 spiro atoms.